The first kappa shape index (κ1) is 34.7. The number of fused-ring (bicyclic) bond motifs is 2. The average molecular weight is 684 g/mol. The van der Waals surface area contributed by atoms with Crippen molar-refractivity contribution in [3.05, 3.63) is 139 Å². The van der Waals surface area contributed by atoms with Crippen molar-refractivity contribution in [2.24, 2.45) is 10.2 Å². The van der Waals surface area contributed by atoms with Gasteiger partial charge in [-0.3, -0.25) is 0 Å². The highest BCUT2D eigenvalue weighted by Crippen LogP contribution is 2.27. The van der Waals surface area contributed by atoms with Crippen molar-refractivity contribution in [3.8, 4) is 0 Å². The Bertz CT molecular complexity index is 1730. The number of carbonyl (C=O) groups is 2. The van der Waals surface area contributed by atoms with Crippen LogP contribution in [0, 0.1) is 13.8 Å². The van der Waals surface area contributed by atoms with Crippen LogP contribution >= 0.6 is 23.2 Å². The fraction of sp³-hybridized carbons (Fsp3) is 0.263. The van der Waals surface area contributed by atoms with Gasteiger partial charge in [0, 0.05) is 46.4 Å². The van der Waals surface area contributed by atoms with Gasteiger partial charge >= 0.3 is 12.1 Å². The molecule has 0 fully saturated rings. The molecule has 2 N–H and O–H groups in total. The van der Waals surface area contributed by atoms with Crippen molar-refractivity contribution in [3.63, 3.8) is 0 Å². The number of amides is 4. The SMILES string of the molecule is CNC(=O)N1N=C(c2ccc(Cl)cc2)c2cc(C)ccc2C[C@@H]1C.CNC(=O)N1N=C(c2ccc(Cl)cc2)c2cc(C)ccc2C[C@H]1C. The lowest BCUT2D eigenvalue weighted by molar-refractivity contribution is 0.184. The average Bonchev–Trinajstić information content (AvgIpc) is 3.31. The third kappa shape index (κ3) is 7.72. The van der Waals surface area contributed by atoms with Crippen molar-refractivity contribution in [2.75, 3.05) is 14.1 Å². The summed E-state index contributed by atoms with van der Waals surface area (Å²) in [5.41, 5.74) is 10.3. The third-order valence-corrected chi connectivity index (χ3v) is 8.91. The Kier molecular flexibility index (Phi) is 10.9. The van der Waals surface area contributed by atoms with E-state index >= 15 is 0 Å². The Morgan fingerprint density at radius 3 is 1.31 bits per heavy atom. The van der Waals surface area contributed by atoms with E-state index in [4.69, 9.17) is 33.4 Å². The van der Waals surface area contributed by atoms with E-state index in [0.29, 0.717) is 10.0 Å². The van der Waals surface area contributed by atoms with Gasteiger partial charge in [-0.2, -0.15) is 10.2 Å². The fourth-order valence-electron chi connectivity index (χ4n) is 5.87. The number of aryl methyl sites for hydroxylation is 2. The zero-order valence-corrected chi connectivity index (χ0v) is 29.5. The maximum Gasteiger partial charge on any atom is 0.337 e. The van der Waals surface area contributed by atoms with Crippen LogP contribution in [-0.2, 0) is 12.8 Å². The first-order valence-corrected chi connectivity index (χ1v) is 16.7. The van der Waals surface area contributed by atoms with Crippen molar-refractivity contribution < 1.29 is 9.59 Å². The molecule has 4 aromatic rings. The number of halogens is 2. The van der Waals surface area contributed by atoms with E-state index in [9.17, 15) is 9.59 Å². The molecule has 0 aliphatic carbocycles. The van der Waals surface area contributed by atoms with Gasteiger partial charge in [0.2, 0.25) is 0 Å². The Morgan fingerprint density at radius 1 is 0.625 bits per heavy atom. The molecule has 8 nitrogen and oxygen atoms in total. The van der Waals surface area contributed by atoms with Gasteiger partial charge in [0.25, 0.3) is 0 Å². The Hall–Kier alpha value is -4.66. The summed E-state index contributed by atoms with van der Waals surface area (Å²) in [4.78, 5) is 24.5. The molecule has 4 aromatic carbocycles. The molecule has 10 heteroatoms. The molecule has 4 amide bonds. The molecule has 0 saturated heterocycles. The van der Waals surface area contributed by atoms with Gasteiger partial charge in [0.15, 0.2) is 0 Å². The van der Waals surface area contributed by atoms with Gasteiger partial charge in [0.05, 0.1) is 23.5 Å². The second kappa shape index (κ2) is 15.0. The number of nitrogens with one attached hydrogen (secondary N) is 2. The smallest absolute Gasteiger partial charge is 0.337 e. The van der Waals surface area contributed by atoms with Crippen molar-refractivity contribution in [1.82, 2.24) is 20.7 Å². The molecule has 0 spiro atoms. The molecule has 2 aliphatic heterocycles. The summed E-state index contributed by atoms with van der Waals surface area (Å²) < 4.78 is 0. The lowest BCUT2D eigenvalue weighted by Gasteiger charge is -2.22. The summed E-state index contributed by atoms with van der Waals surface area (Å²) in [7, 11) is 3.24. The summed E-state index contributed by atoms with van der Waals surface area (Å²) in [5.74, 6) is 0. The van der Waals surface area contributed by atoms with Crippen LogP contribution in [0.5, 0.6) is 0 Å². The van der Waals surface area contributed by atoms with E-state index in [1.165, 1.54) is 21.1 Å². The molecule has 0 unspecified atom stereocenters. The van der Waals surface area contributed by atoms with Crippen LogP contribution in [0.1, 0.15) is 58.4 Å². The predicted molar refractivity (Wildman–Crippen MR) is 195 cm³/mol. The number of rotatable bonds is 2. The van der Waals surface area contributed by atoms with Crippen LogP contribution in [0.3, 0.4) is 0 Å². The van der Waals surface area contributed by atoms with Crippen LogP contribution in [0.25, 0.3) is 0 Å². The number of hydrogen-bond donors (Lipinski definition) is 2. The Morgan fingerprint density at radius 2 is 0.979 bits per heavy atom. The van der Waals surface area contributed by atoms with Gasteiger partial charge in [0.1, 0.15) is 0 Å². The molecule has 2 aliphatic rings. The van der Waals surface area contributed by atoms with Crippen LogP contribution in [-0.4, -0.2) is 59.7 Å². The van der Waals surface area contributed by atoms with Crippen molar-refractivity contribution >= 4 is 46.7 Å². The van der Waals surface area contributed by atoms with E-state index < -0.39 is 0 Å². The number of hydrazone groups is 2. The Labute approximate surface area is 292 Å². The fourth-order valence-corrected chi connectivity index (χ4v) is 6.12. The summed E-state index contributed by atoms with van der Waals surface area (Å²) in [6.07, 6.45) is 1.51. The third-order valence-electron chi connectivity index (χ3n) is 8.40. The molecule has 48 heavy (non-hydrogen) atoms. The zero-order chi connectivity index (χ0) is 34.5. The largest absolute Gasteiger partial charge is 0.340 e. The maximum atomic E-state index is 12.3. The number of nitrogens with zero attached hydrogens (tertiary/aromatic N) is 4. The second-order valence-corrected chi connectivity index (χ2v) is 13.0. The highest BCUT2D eigenvalue weighted by atomic mass is 35.5. The van der Waals surface area contributed by atoms with Gasteiger partial charge in [-0.05, 0) is 88.1 Å². The minimum atomic E-state index is -0.210. The highest BCUT2D eigenvalue weighted by Gasteiger charge is 2.28. The first-order valence-electron chi connectivity index (χ1n) is 15.9. The lowest BCUT2D eigenvalue weighted by Crippen LogP contribution is -2.41. The quantitative estimate of drug-likeness (QED) is 0.225. The van der Waals surface area contributed by atoms with Crippen molar-refractivity contribution in [1.29, 1.82) is 0 Å². The highest BCUT2D eigenvalue weighted by molar-refractivity contribution is 6.31. The molecule has 248 valence electrons. The molecule has 0 aromatic heterocycles. The van der Waals surface area contributed by atoms with Crippen LogP contribution in [0.4, 0.5) is 9.59 Å². The minimum Gasteiger partial charge on any atom is -0.340 e. The van der Waals surface area contributed by atoms with E-state index in [1.807, 2.05) is 62.4 Å². The molecule has 2 heterocycles. The van der Waals surface area contributed by atoms with Crippen LogP contribution < -0.4 is 10.6 Å². The normalized spacial score (nSPS) is 16.9. The maximum absolute atomic E-state index is 12.3. The standard InChI is InChI=1S/2C19H20ClN3O/c2*1-12-4-5-15-11-13(2)23(19(24)21-3)22-18(17(15)10-12)14-6-8-16(20)9-7-14/h2*4-10,13H,11H2,1-3H3,(H,21,24)/t2*13-/m10/s1. The summed E-state index contributed by atoms with van der Waals surface area (Å²) >= 11 is 12.0. The number of carbonyl (C=O) groups excluding carboxylic acids is 2. The summed E-state index contributed by atoms with van der Waals surface area (Å²) in [6, 6.07) is 27.3. The molecule has 0 radical (unpaired) electrons. The van der Waals surface area contributed by atoms with Gasteiger partial charge in [-0.25, -0.2) is 19.6 Å². The molecule has 0 saturated carbocycles. The summed E-state index contributed by atoms with van der Waals surface area (Å²) in [5, 5.41) is 19.2. The minimum absolute atomic E-state index is 0.0313. The number of hydrogen-bond acceptors (Lipinski definition) is 4. The molecule has 2 atom stereocenters. The predicted octanol–water partition coefficient (Wildman–Crippen LogP) is 7.97. The van der Waals surface area contributed by atoms with E-state index in [2.05, 4.69) is 60.9 Å². The van der Waals surface area contributed by atoms with E-state index in [-0.39, 0.29) is 24.1 Å². The molecular formula is C38H40Cl2N6O2. The Balaban J connectivity index is 0.000000188. The van der Waals surface area contributed by atoms with Crippen LogP contribution in [0.2, 0.25) is 10.0 Å². The lowest BCUT2D eigenvalue weighted by atomic mass is 9.93. The van der Waals surface area contributed by atoms with E-state index in [1.54, 1.807) is 14.1 Å². The number of urea groups is 2. The van der Waals surface area contributed by atoms with Gasteiger partial charge < -0.3 is 10.6 Å². The van der Waals surface area contributed by atoms with E-state index in [0.717, 1.165) is 57.6 Å². The monoisotopic (exact) mass is 682 g/mol. The molecular weight excluding hydrogens is 643 g/mol. The van der Waals surface area contributed by atoms with Gasteiger partial charge in [-0.1, -0.05) is 82.9 Å². The van der Waals surface area contributed by atoms with Crippen molar-refractivity contribution in [2.45, 2.75) is 52.6 Å². The molecule has 0 bridgehead atoms. The topological polar surface area (TPSA) is 89.4 Å². The number of benzene rings is 4. The first-order chi connectivity index (χ1) is 23.0. The second-order valence-electron chi connectivity index (χ2n) is 12.1. The van der Waals surface area contributed by atoms with Gasteiger partial charge in [-0.15, -0.1) is 0 Å². The summed E-state index contributed by atoms with van der Waals surface area (Å²) in [6.45, 7) is 8.13. The van der Waals surface area contributed by atoms with Crippen LogP contribution in [0.15, 0.2) is 95.1 Å². The molecule has 6 rings (SSSR count). The zero-order valence-electron chi connectivity index (χ0n) is 28.0.